The molecular formula is C17H22N2O2. The zero-order valence-corrected chi connectivity index (χ0v) is 12.9. The van der Waals surface area contributed by atoms with Crippen LogP contribution in [-0.4, -0.2) is 47.8 Å². The minimum absolute atomic E-state index is 0.109. The van der Waals surface area contributed by atoms with Gasteiger partial charge in [-0.05, 0) is 23.6 Å². The minimum atomic E-state index is 0.109. The molecule has 2 fully saturated rings. The number of nitrogens with zero attached hydrogens (tertiary/aromatic N) is 2. The van der Waals surface area contributed by atoms with Gasteiger partial charge in [-0.25, -0.2) is 0 Å². The van der Waals surface area contributed by atoms with Crippen molar-refractivity contribution in [3.63, 3.8) is 0 Å². The molecule has 0 aromatic heterocycles. The van der Waals surface area contributed by atoms with E-state index in [4.69, 9.17) is 0 Å². The van der Waals surface area contributed by atoms with Gasteiger partial charge in [0.1, 0.15) is 0 Å². The van der Waals surface area contributed by atoms with E-state index in [9.17, 15) is 9.59 Å². The van der Waals surface area contributed by atoms with Crippen molar-refractivity contribution in [2.24, 2.45) is 5.41 Å². The zero-order chi connectivity index (χ0) is 15.2. The fraction of sp³-hybridized carbons (Fsp3) is 0.529. The largest absolute Gasteiger partial charge is 0.341 e. The Morgan fingerprint density at radius 1 is 1.00 bits per heavy atom. The van der Waals surface area contributed by atoms with Crippen LogP contribution in [0.15, 0.2) is 24.3 Å². The van der Waals surface area contributed by atoms with E-state index in [2.05, 4.69) is 13.8 Å². The van der Waals surface area contributed by atoms with Crippen molar-refractivity contribution >= 4 is 11.8 Å². The molecule has 4 nitrogen and oxygen atoms in total. The number of hydrogen-bond acceptors (Lipinski definition) is 2. The molecule has 1 spiro atoms. The van der Waals surface area contributed by atoms with Crippen molar-refractivity contribution in [2.45, 2.75) is 26.7 Å². The van der Waals surface area contributed by atoms with Crippen molar-refractivity contribution in [1.82, 2.24) is 9.80 Å². The van der Waals surface area contributed by atoms with E-state index < -0.39 is 0 Å². The third-order valence-electron chi connectivity index (χ3n) is 4.66. The maximum absolute atomic E-state index is 12.4. The molecule has 0 bridgehead atoms. The third-order valence-corrected chi connectivity index (χ3v) is 4.66. The van der Waals surface area contributed by atoms with Gasteiger partial charge in [-0.3, -0.25) is 9.59 Å². The molecule has 2 aliphatic rings. The molecule has 0 atom stereocenters. The molecule has 21 heavy (non-hydrogen) atoms. The molecule has 4 heteroatoms. The first-order valence-corrected chi connectivity index (χ1v) is 7.55. The van der Waals surface area contributed by atoms with E-state index in [1.165, 1.54) is 5.56 Å². The number of rotatable bonds is 2. The SMILES string of the molecule is CC(=O)N1CC2(C1)CN(C(=O)c1ccc(C(C)C)cc1)C2. The summed E-state index contributed by atoms with van der Waals surface area (Å²) in [5, 5.41) is 0. The average Bonchev–Trinajstić information content (AvgIpc) is 2.35. The summed E-state index contributed by atoms with van der Waals surface area (Å²) in [4.78, 5) is 27.4. The predicted octanol–water partition coefficient (Wildman–Crippen LogP) is 2.11. The lowest BCUT2D eigenvalue weighted by Crippen LogP contribution is -2.73. The Kier molecular flexibility index (Phi) is 3.27. The van der Waals surface area contributed by atoms with Crippen LogP contribution in [0.2, 0.25) is 0 Å². The molecule has 0 N–H and O–H groups in total. The van der Waals surface area contributed by atoms with Gasteiger partial charge in [0.25, 0.3) is 5.91 Å². The summed E-state index contributed by atoms with van der Waals surface area (Å²) in [5.74, 6) is 0.723. The van der Waals surface area contributed by atoms with Gasteiger partial charge in [0.05, 0.1) is 0 Å². The average molecular weight is 286 g/mol. The second-order valence-electron chi connectivity index (χ2n) is 6.81. The molecule has 2 heterocycles. The summed E-state index contributed by atoms with van der Waals surface area (Å²) < 4.78 is 0. The monoisotopic (exact) mass is 286 g/mol. The summed E-state index contributed by atoms with van der Waals surface area (Å²) >= 11 is 0. The molecule has 3 rings (SSSR count). The molecule has 112 valence electrons. The maximum atomic E-state index is 12.4. The highest BCUT2D eigenvalue weighted by Crippen LogP contribution is 2.40. The van der Waals surface area contributed by atoms with Crippen LogP contribution in [0.4, 0.5) is 0 Å². The minimum Gasteiger partial charge on any atom is -0.341 e. The van der Waals surface area contributed by atoms with E-state index in [0.29, 0.717) is 5.92 Å². The van der Waals surface area contributed by atoms with Crippen LogP contribution in [0.5, 0.6) is 0 Å². The Morgan fingerprint density at radius 2 is 1.52 bits per heavy atom. The summed E-state index contributed by atoms with van der Waals surface area (Å²) in [5.41, 5.74) is 2.19. The fourth-order valence-electron chi connectivity index (χ4n) is 3.29. The molecule has 1 aromatic rings. The van der Waals surface area contributed by atoms with E-state index in [1.807, 2.05) is 34.1 Å². The Bertz CT molecular complexity index is 563. The molecule has 1 aromatic carbocycles. The Morgan fingerprint density at radius 3 is 2.00 bits per heavy atom. The molecule has 2 amide bonds. The Labute approximate surface area is 125 Å². The molecular weight excluding hydrogens is 264 g/mol. The van der Waals surface area contributed by atoms with Gasteiger partial charge in [0.2, 0.25) is 5.91 Å². The van der Waals surface area contributed by atoms with Crippen LogP contribution in [-0.2, 0) is 4.79 Å². The van der Waals surface area contributed by atoms with Gasteiger partial charge < -0.3 is 9.80 Å². The first-order chi connectivity index (χ1) is 9.90. The smallest absolute Gasteiger partial charge is 0.253 e. The Hall–Kier alpha value is -1.84. The molecule has 0 unspecified atom stereocenters. The van der Waals surface area contributed by atoms with E-state index in [1.54, 1.807) is 6.92 Å². The molecule has 2 saturated heterocycles. The lowest BCUT2D eigenvalue weighted by atomic mass is 9.72. The number of carbonyl (C=O) groups excluding carboxylic acids is 2. The molecule has 0 aliphatic carbocycles. The number of amides is 2. The van der Waals surface area contributed by atoms with E-state index >= 15 is 0 Å². The fourth-order valence-corrected chi connectivity index (χ4v) is 3.29. The lowest BCUT2D eigenvalue weighted by molar-refractivity contribution is -0.152. The zero-order valence-electron chi connectivity index (χ0n) is 12.9. The number of likely N-dealkylation sites (tertiary alicyclic amines) is 2. The van der Waals surface area contributed by atoms with Crippen LogP contribution in [0.3, 0.4) is 0 Å². The lowest BCUT2D eigenvalue weighted by Gasteiger charge is -2.60. The number of benzene rings is 1. The third kappa shape index (κ3) is 2.43. The first-order valence-electron chi connectivity index (χ1n) is 7.55. The topological polar surface area (TPSA) is 40.6 Å². The highest BCUT2D eigenvalue weighted by Gasteiger charge is 2.53. The van der Waals surface area contributed by atoms with Gasteiger partial charge in [-0.15, -0.1) is 0 Å². The van der Waals surface area contributed by atoms with Crippen molar-refractivity contribution in [3.8, 4) is 0 Å². The summed E-state index contributed by atoms with van der Waals surface area (Å²) in [6, 6.07) is 7.92. The van der Waals surface area contributed by atoms with Crippen molar-refractivity contribution in [2.75, 3.05) is 26.2 Å². The van der Waals surface area contributed by atoms with Crippen LogP contribution in [0, 0.1) is 5.41 Å². The Balaban J connectivity index is 1.57. The predicted molar refractivity (Wildman–Crippen MR) is 81.1 cm³/mol. The first kappa shape index (κ1) is 14.1. The highest BCUT2D eigenvalue weighted by molar-refractivity contribution is 5.95. The van der Waals surface area contributed by atoms with Crippen LogP contribution < -0.4 is 0 Å². The molecule has 0 radical (unpaired) electrons. The summed E-state index contributed by atoms with van der Waals surface area (Å²) in [6.07, 6.45) is 0. The highest BCUT2D eigenvalue weighted by atomic mass is 16.2. The van der Waals surface area contributed by atoms with E-state index in [-0.39, 0.29) is 17.2 Å². The van der Waals surface area contributed by atoms with Crippen LogP contribution >= 0.6 is 0 Å². The maximum Gasteiger partial charge on any atom is 0.253 e. The molecule has 2 aliphatic heterocycles. The van der Waals surface area contributed by atoms with Crippen molar-refractivity contribution in [1.29, 1.82) is 0 Å². The van der Waals surface area contributed by atoms with Gasteiger partial charge in [-0.1, -0.05) is 26.0 Å². The van der Waals surface area contributed by atoms with Crippen molar-refractivity contribution < 1.29 is 9.59 Å². The van der Waals surface area contributed by atoms with Crippen molar-refractivity contribution in [3.05, 3.63) is 35.4 Å². The summed E-state index contributed by atoms with van der Waals surface area (Å²) in [7, 11) is 0. The van der Waals surface area contributed by atoms with Crippen LogP contribution in [0.25, 0.3) is 0 Å². The van der Waals surface area contributed by atoms with Gasteiger partial charge in [-0.2, -0.15) is 0 Å². The normalized spacial score (nSPS) is 19.4. The van der Waals surface area contributed by atoms with Gasteiger partial charge in [0.15, 0.2) is 0 Å². The standard InChI is InChI=1S/C17H22N2O2/c1-12(2)14-4-6-15(7-5-14)16(21)19-10-17(11-19)8-18(9-17)13(3)20/h4-7,12H,8-11H2,1-3H3. The second kappa shape index (κ2) is 4.86. The van der Waals surface area contributed by atoms with Gasteiger partial charge in [0, 0.05) is 44.1 Å². The number of carbonyl (C=O) groups is 2. The quantitative estimate of drug-likeness (QED) is 0.835. The molecule has 0 saturated carbocycles. The van der Waals surface area contributed by atoms with E-state index in [0.717, 1.165) is 31.7 Å². The van der Waals surface area contributed by atoms with Gasteiger partial charge >= 0.3 is 0 Å². The van der Waals surface area contributed by atoms with Crippen LogP contribution in [0.1, 0.15) is 42.6 Å². The second-order valence-corrected chi connectivity index (χ2v) is 6.81. The number of hydrogen-bond donors (Lipinski definition) is 0. The summed E-state index contributed by atoms with van der Waals surface area (Å²) in [6.45, 7) is 9.06.